The first-order valence-corrected chi connectivity index (χ1v) is 10.4. The molecule has 3 atom stereocenters. The normalized spacial score (nSPS) is 23.5. The minimum atomic E-state index is 0.00835. The van der Waals surface area contributed by atoms with Crippen molar-refractivity contribution in [2.75, 3.05) is 0 Å². The highest BCUT2D eigenvalue weighted by atomic mass is 35.5. The topological polar surface area (TPSA) is 42.0 Å². The summed E-state index contributed by atoms with van der Waals surface area (Å²) in [6, 6.07) is 8.28. The fourth-order valence-electron chi connectivity index (χ4n) is 3.98. The van der Waals surface area contributed by atoms with Crippen LogP contribution in [0.5, 0.6) is 0 Å². The van der Waals surface area contributed by atoms with Crippen LogP contribution in [-0.4, -0.2) is 16.9 Å². The summed E-state index contributed by atoms with van der Waals surface area (Å²) < 4.78 is 1.04. The second-order valence-electron chi connectivity index (χ2n) is 7.62. The van der Waals surface area contributed by atoms with Gasteiger partial charge in [-0.15, -0.1) is 11.3 Å². The molecule has 1 fully saturated rings. The molecule has 26 heavy (non-hydrogen) atoms. The zero-order valence-corrected chi connectivity index (χ0v) is 16.9. The highest BCUT2D eigenvalue weighted by molar-refractivity contribution is 7.21. The van der Waals surface area contributed by atoms with Crippen molar-refractivity contribution >= 4 is 49.8 Å². The number of fused-ring (bicyclic) bond motifs is 3. The molecule has 5 heteroatoms. The van der Waals surface area contributed by atoms with Crippen molar-refractivity contribution in [1.82, 2.24) is 10.3 Å². The molecule has 0 aliphatic heterocycles. The lowest BCUT2D eigenvalue weighted by Crippen LogP contribution is -2.43. The van der Waals surface area contributed by atoms with E-state index < -0.39 is 0 Å². The molecule has 1 saturated carbocycles. The molecule has 0 unspecified atom stereocenters. The molecule has 2 heterocycles. The first-order valence-electron chi connectivity index (χ1n) is 9.24. The number of halogens is 1. The Balaban J connectivity index is 1.70. The van der Waals surface area contributed by atoms with E-state index in [0.29, 0.717) is 21.9 Å². The third-order valence-corrected chi connectivity index (χ3v) is 7.27. The van der Waals surface area contributed by atoms with Crippen molar-refractivity contribution in [2.24, 2.45) is 11.8 Å². The Morgan fingerprint density at radius 2 is 2.04 bits per heavy atom. The van der Waals surface area contributed by atoms with E-state index >= 15 is 0 Å². The van der Waals surface area contributed by atoms with Crippen LogP contribution in [0.25, 0.3) is 21.0 Å². The van der Waals surface area contributed by atoms with E-state index in [2.05, 4.69) is 37.1 Å². The first-order chi connectivity index (χ1) is 12.4. The van der Waals surface area contributed by atoms with Crippen LogP contribution in [0.4, 0.5) is 0 Å². The zero-order chi connectivity index (χ0) is 18.4. The van der Waals surface area contributed by atoms with Gasteiger partial charge in [0.2, 0.25) is 0 Å². The number of benzene rings is 1. The number of aryl methyl sites for hydroxylation is 1. The smallest absolute Gasteiger partial charge is 0.261 e. The van der Waals surface area contributed by atoms with Crippen molar-refractivity contribution in [3.8, 4) is 0 Å². The number of carbonyl (C=O) groups is 1. The number of rotatable bonds is 2. The maximum absolute atomic E-state index is 12.9. The Morgan fingerprint density at radius 1 is 1.23 bits per heavy atom. The number of pyridine rings is 1. The van der Waals surface area contributed by atoms with E-state index in [1.54, 1.807) is 0 Å². The minimum Gasteiger partial charge on any atom is -0.348 e. The van der Waals surface area contributed by atoms with E-state index in [1.165, 1.54) is 29.7 Å². The van der Waals surface area contributed by atoms with Gasteiger partial charge < -0.3 is 5.32 Å². The Morgan fingerprint density at radius 3 is 2.85 bits per heavy atom. The maximum atomic E-state index is 12.9. The van der Waals surface area contributed by atoms with Crippen LogP contribution < -0.4 is 5.32 Å². The lowest BCUT2D eigenvalue weighted by Gasteiger charge is -2.34. The van der Waals surface area contributed by atoms with E-state index in [-0.39, 0.29) is 11.9 Å². The highest BCUT2D eigenvalue weighted by Crippen LogP contribution is 2.36. The van der Waals surface area contributed by atoms with Crippen LogP contribution in [0.1, 0.15) is 48.3 Å². The standard InChI is InChI=1S/C21H23ClN2OS/c1-11-7-8-17-14(9-11)19-15(20(22)23-17)10-18(26-19)21(25)24-16-6-4-5-12(2)13(16)3/h7-10,12-13,16H,4-6H2,1-3H3,(H,24,25)/t12-,13+,16+/m0/s1. The third-order valence-electron chi connectivity index (χ3n) is 5.82. The monoisotopic (exact) mass is 386 g/mol. The molecule has 3 aromatic rings. The van der Waals surface area contributed by atoms with Gasteiger partial charge in [-0.05, 0) is 43.4 Å². The zero-order valence-electron chi connectivity index (χ0n) is 15.3. The van der Waals surface area contributed by atoms with Gasteiger partial charge in [-0.1, -0.05) is 49.9 Å². The number of nitrogens with zero attached hydrogens (tertiary/aromatic N) is 1. The van der Waals surface area contributed by atoms with E-state index in [1.807, 2.05) is 18.2 Å². The maximum Gasteiger partial charge on any atom is 0.261 e. The fraction of sp³-hybridized carbons (Fsp3) is 0.429. The molecule has 0 saturated heterocycles. The van der Waals surface area contributed by atoms with E-state index in [9.17, 15) is 4.79 Å². The van der Waals surface area contributed by atoms with Gasteiger partial charge in [0, 0.05) is 21.5 Å². The lowest BCUT2D eigenvalue weighted by atomic mass is 9.78. The van der Waals surface area contributed by atoms with Gasteiger partial charge in [0.05, 0.1) is 10.4 Å². The molecule has 3 nitrogen and oxygen atoms in total. The number of hydrogen-bond acceptors (Lipinski definition) is 3. The second-order valence-corrected chi connectivity index (χ2v) is 9.03. The Kier molecular flexibility index (Phi) is 4.66. The molecule has 4 rings (SSSR count). The molecule has 0 radical (unpaired) electrons. The third kappa shape index (κ3) is 3.10. The molecule has 136 valence electrons. The average Bonchev–Trinajstić information content (AvgIpc) is 3.06. The van der Waals surface area contributed by atoms with Gasteiger partial charge in [-0.25, -0.2) is 4.98 Å². The largest absolute Gasteiger partial charge is 0.348 e. The number of carbonyl (C=O) groups excluding carboxylic acids is 1. The first kappa shape index (κ1) is 17.7. The van der Waals surface area contributed by atoms with Gasteiger partial charge >= 0.3 is 0 Å². The van der Waals surface area contributed by atoms with Gasteiger partial charge in [0.1, 0.15) is 5.15 Å². The average molecular weight is 387 g/mol. The Labute approximate surface area is 162 Å². The summed E-state index contributed by atoms with van der Waals surface area (Å²) in [6.45, 7) is 6.59. The van der Waals surface area contributed by atoms with Crippen LogP contribution in [0.2, 0.25) is 5.15 Å². The van der Waals surface area contributed by atoms with E-state index in [4.69, 9.17) is 11.6 Å². The van der Waals surface area contributed by atoms with Crippen LogP contribution >= 0.6 is 22.9 Å². The molecule has 0 spiro atoms. The van der Waals surface area contributed by atoms with Crippen molar-refractivity contribution < 1.29 is 4.79 Å². The molecule has 0 bridgehead atoms. The molecule has 1 aliphatic carbocycles. The molecule has 1 N–H and O–H groups in total. The van der Waals surface area contributed by atoms with Crippen molar-refractivity contribution in [2.45, 2.75) is 46.1 Å². The number of thiophene rings is 1. The molecular formula is C21H23ClN2OS. The van der Waals surface area contributed by atoms with Crippen LogP contribution in [-0.2, 0) is 0 Å². The van der Waals surface area contributed by atoms with Gasteiger partial charge in [0.25, 0.3) is 5.91 Å². The van der Waals surface area contributed by atoms with Gasteiger partial charge in [-0.3, -0.25) is 4.79 Å². The Bertz CT molecular complexity index is 996. The summed E-state index contributed by atoms with van der Waals surface area (Å²) in [5.74, 6) is 1.17. The number of amides is 1. The van der Waals surface area contributed by atoms with Crippen molar-refractivity contribution in [1.29, 1.82) is 0 Å². The predicted octanol–water partition coefficient (Wildman–Crippen LogP) is 5.97. The highest BCUT2D eigenvalue weighted by Gasteiger charge is 2.29. The summed E-state index contributed by atoms with van der Waals surface area (Å²) in [5.41, 5.74) is 2.05. The number of nitrogens with one attached hydrogen (secondary N) is 1. The number of hydrogen-bond donors (Lipinski definition) is 1. The summed E-state index contributed by atoms with van der Waals surface area (Å²) >= 11 is 7.90. The molecule has 1 aliphatic rings. The molecule has 2 aromatic heterocycles. The quantitative estimate of drug-likeness (QED) is 0.551. The van der Waals surface area contributed by atoms with Crippen LogP contribution in [0.3, 0.4) is 0 Å². The van der Waals surface area contributed by atoms with Crippen LogP contribution in [0, 0.1) is 18.8 Å². The SMILES string of the molecule is Cc1ccc2nc(Cl)c3cc(C(=O)N[C@@H]4CCC[C@H](C)[C@H]4C)sc3c2c1. The summed E-state index contributed by atoms with van der Waals surface area (Å²) in [5, 5.41) is 5.66. The Hall–Kier alpha value is -1.65. The van der Waals surface area contributed by atoms with Crippen molar-refractivity contribution in [3.05, 3.63) is 39.9 Å². The van der Waals surface area contributed by atoms with Gasteiger partial charge in [-0.2, -0.15) is 0 Å². The fourth-order valence-corrected chi connectivity index (χ4v) is 5.36. The van der Waals surface area contributed by atoms with Crippen LogP contribution in [0.15, 0.2) is 24.3 Å². The minimum absolute atomic E-state index is 0.00835. The van der Waals surface area contributed by atoms with Crippen molar-refractivity contribution in [3.63, 3.8) is 0 Å². The summed E-state index contributed by atoms with van der Waals surface area (Å²) in [7, 11) is 0. The molecule has 1 amide bonds. The molecular weight excluding hydrogens is 364 g/mol. The summed E-state index contributed by atoms with van der Waals surface area (Å²) in [4.78, 5) is 18.1. The predicted molar refractivity (Wildman–Crippen MR) is 110 cm³/mol. The van der Waals surface area contributed by atoms with Gasteiger partial charge in [0.15, 0.2) is 0 Å². The molecule has 1 aromatic carbocycles. The summed E-state index contributed by atoms with van der Waals surface area (Å²) in [6.07, 6.45) is 3.50. The number of aromatic nitrogens is 1. The lowest BCUT2D eigenvalue weighted by molar-refractivity contribution is 0.0895. The second kappa shape index (κ2) is 6.82. The van der Waals surface area contributed by atoms with E-state index in [0.717, 1.165) is 27.4 Å².